The molecule has 1 aliphatic carbocycles. The minimum Gasteiger partial charge on any atom is -0.472 e. The van der Waals surface area contributed by atoms with Gasteiger partial charge in [0.1, 0.15) is 18.2 Å². The molecule has 0 radical (unpaired) electrons. The van der Waals surface area contributed by atoms with Gasteiger partial charge in [-0.15, -0.1) is 0 Å². The van der Waals surface area contributed by atoms with Crippen LogP contribution in [0.1, 0.15) is 31.2 Å². The molecule has 0 N–H and O–H groups in total. The molecule has 0 aromatic carbocycles. The number of carbonyl (C=O) groups is 1. The van der Waals surface area contributed by atoms with Crippen molar-refractivity contribution in [2.24, 2.45) is 5.92 Å². The number of amides is 1. The Kier molecular flexibility index (Phi) is 6.35. The molecule has 6 nitrogen and oxygen atoms in total. The van der Waals surface area contributed by atoms with Crippen LogP contribution in [0.4, 0.5) is 17.6 Å². The fourth-order valence-electron chi connectivity index (χ4n) is 4.19. The smallest absolute Gasteiger partial charge is 0.417 e. The van der Waals surface area contributed by atoms with Gasteiger partial charge >= 0.3 is 6.18 Å². The van der Waals surface area contributed by atoms with Crippen molar-refractivity contribution in [1.82, 2.24) is 14.9 Å². The predicted molar refractivity (Wildman–Crippen MR) is 110 cm³/mol. The summed E-state index contributed by atoms with van der Waals surface area (Å²) in [4.78, 5) is 22.5. The molecule has 2 aromatic heterocycles. The van der Waals surface area contributed by atoms with E-state index in [1.807, 2.05) is 0 Å². The number of allylic oxidation sites excluding steroid dienone is 3. The highest BCUT2D eigenvalue weighted by molar-refractivity contribution is 6.01. The Morgan fingerprint density at radius 3 is 2.70 bits per heavy atom. The number of fused-ring (bicyclic) bond motifs is 2. The normalized spacial score (nSPS) is 23.5. The standard InChI is InChI=1S/C23H21F4N3O3/c1-2-3-4-17(24)16(11-21-28-7-8-32-21)22(31)30-13-14-9-18(30)19(10-14)33-20-6-5-15(12-29-20)23(25,26)27/h2-8,11-12,14,18-19H,9-10,13H2,1H3/b3-2-,16-11-,17-4+. The number of carbonyl (C=O) groups excluding carboxylic acids is 1. The van der Waals surface area contributed by atoms with Gasteiger partial charge in [0.2, 0.25) is 11.8 Å². The average Bonchev–Trinajstić information content (AvgIpc) is 3.52. The van der Waals surface area contributed by atoms with Crippen LogP contribution in [0.5, 0.6) is 5.88 Å². The molecule has 2 aliphatic rings. The molecule has 2 aromatic rings. The Bertz CT molecular complexity index is 1080. The van der Waals surface area contributed by atoms with Crippen molar-refractivity contribution in [1.29, 1.82) is 0 Å². The quantitative estimate of drug-likeness (QED) is 0.344. The monoisotopic (exact) mass is 463 g/mol. The summed E-state index contributed by atoms with van der Waals surface area (Å²) >= 11 is 0. The van der Waals surface area contributed by atoms with Gasteiger partial charge in [-0.25, -0.2) is 14.4 Å². The number of piperidine rings is 1. The lowest BCUT2D eigenvalue weighted by molar-refractivity contribution is -0.138. The molecular weight excluding hydrogens is 442 g/mol. The zero-order valence-electron chi connectivity index (χ0n) is 17.6. The van der Waals surface area contributed by atoms with Crippen molar-refractivity contribution in [3.8, 4) is 5.88 Å². The first-order valence-corrected chi connectivity index (χ1v) is 10.4. The molecule has 1 saturated carbocycles. The van der Waals surface area contributed by atoms with Crippen LogP contribution in [0.15, 0.2) is 64.8 Å². The molecule has 3 atom stereocenters. The highest BCUT2D eigenvalue weighted by atomic mass is 19.4. The molecule has 174 valence electrons. The van der Waals surface area contributed by atoms with E-state index in [9.17, 15) is 22.4 Å². The van der Waals surface area contributed by atoms with Crippen molar-refractivity contribution in [2.75, 3.05) is 6.54 Å². The second-order valence-corrected chi connectivity index (χ2v) is 7.87. The molecular formula is C23H21F4N3O3. The van der Waals surface area contributed by atoms with Gasteiger partial charge in [0, 0.05) is 24.9 Å². The van der Waals surface area contributed by atoms with E-state index in [0.717, 1.165) is 12.1 Å². The fraction of sp³-hybridized carbons (Fsp3) is 0.348. The molecule has 3 unspecified atom stereocenters. The fourth-order valence-corrected chi connectivity index (χ4v) is 4.19. The summed E-state index contributed by atoms with van der Waals surface area (Å²) in [5.41, 5.74) is -1.07. The lowest BCUT2D eigenvalue weighted by atomic mass is 10.1. The van der Waals surface area contributed by atoms with Crippen LogP contribution in [0, 0.1) is 5.92 Å². The lowest BCUT2D eigenvalue weighted by Gasteiger charge is -2.33. The summed E-state index contributed by atoms with van der Waals surface area (Å²) in [5.74, 6) is -0.992. The number of hydrogen-bond donors (Lipinski definition) is 0. The molecule has 0 spiro atoms. The third-order valence-electron chi connectivity index (χ3n) is 5.66. The molecule has 10 heteroatoms. The third kappa shape index (κ3) is 4.99. The van der Waals surface area contributed by atoms with E-state index in [0.29, 0.717) is 25.6 Å². The van der Waals surface area contributed by atoms with Gasteiger partial charge in [-0.05, 0) is 37.8 Å². The zero-order chi connectivity index (χ0) is 23.6. The first kappa shape index (κ1) is 22.8. The first-order chi connectivity index (χ1) is 15.8. The van der Waals surface area contributed by atoms with Crippen LogP contribution >= 0.6 is 0 Å². The molecule has 1 aliphatic heterocycles. The molecule has 33 heavy (non-hydrogen) atoms. The first-order valence-electron chi connectivity index (χ1n) is 10.4. The molecule has 2 fully saturated rings. The number of hydrogen-bond acceptors (Lipinski definition) is 5. The van der Waals surface area contributed by atoms with Gasteiger partial charge < -0.3 is 14.1 Å². The van der Waals surface area contributed by atoms with E-state index >= 15 is 0 Å². The van der Waals surface area contributed by atoms with Crippen LogP contribution in [0.3, 0.4) is 0 Å². The number of pyridine rings is 1. The van der Waals surface area contributed by atoms with Crippen molar-refractivity contribution in [3.63, 3.8) is 0 Å². The van der Waals surface area contributed by atoms with Crippen LogP contribution in [-0.2, 0) is 11.0 Å². The summed E-state index contributed by atoms with van der Waals surface area (Å²) in [7, 11) is 0. The molecule has 1 saturated heterocycles. The van der Waals surface area contributed by atoms with Gasteiger partial charge in [0.05, 0.1) is 23.4 Å². The summed E-state index contributed by atoms with van der Waals surface area (Å²) in [6.45, 7) is 2.16. The molecule has 4 rings (SSSR count). The van der Waals surface area contributed by atoms with Crippen molar-refractivity contribution < 1.29 is 31.5 Å². The topological polar surface area (TPSA) is 68.5 Å². The van der Waals surface area contributed by atoms with E-state index in [1.165, 1.54) is 30.7 Å². The van der Waals surface area contributed by atoms with Crippen molar-refractivity contribution in [3.05, 3.63) is 71.9 Å². The summed E-state index contributed by atoms with van der Waals surface area (Å²) in [5, 5.41) is 0. The van der Waals surface area contributed by atoms with Crippen molar-refractivity contribution in [2.45, 2.75) is 38.1 Å². The third-order valence-corrected chi connectivity index (χ3v) is 5.66. The summed E-state index contributed by atoms with van der Waals surface area (Å²) < 4.78 is 64.1. The van der Waals surface area contributed by atoms with Crippen LogP contribution < -0.4 is 4.74 Å². The largest absolute Gasteiger partial charge is 0.472 e. The summed E-state index contributed by atoms with van der Waals surface area (Å²) in [6.07, 6.45) is 5.30. The number of aromatic nitrogens is 2. The number of rotatable bonds is 6. The zero-order valence-corrected chi connectivity index (χ0v) is 17.6. The van der Waals surface area contributed by atoms with Gasteiger partial charge in [-0.1, -0.05) is 12.2 Å². The molecule has 1 amide bonds. The average molecular weight is 463 g/mol. The number of likely N-dealkylation sites (tertiary alicyclic amines) is 1. The Balaban J connectivity index is 1.53. The summed E-state index contributed by atoms with van der Waals surface area (Å²) in [6, 6.07) is 1.71. The second kappa shape index (κ2) is 9.21. The predicted octanol–water partition coefficient (Wildman–Crippen LogP) is 4.97. The highest BCUT2D eigenvalue weighted by Crippen LogP contribution is 2.41. The van der Waals surface area contributed by atoms with Crippen LogP contribution in [0.2, 0.25) is 0 Å². The maximum absolute atomic E-state index is 14.9. The Hall–Kier alpha value is -3.43. The van der Waals surface area contributed by atoms with Gasteiger partial charge in [0.25, 0.3) is 5.91 Å². The Morgan fingerprint density at radius 1 is 1.27 bits per heavy atom. The van der Waals surface area contributed by atoms with Gasteiger partial charge in [-0.3, -0.25) is 4.79 Å². The Morgan fingerprint density at radius 2 is 2.09 bits per heavy atom. The van der Waals surface area contributed by atoms with E-state index in [2.05, 4.69) is 9.97 Å². The SMILES string of the molecule is C\C=C/C=C(F)\C(=C\c1ncco1)C(=O)N1CC2CC(Oc3ccc(C(F)(F)F)cn3)C1C2. The van der Waals surface area contributed by atoms with Crippen molar-refractivity contribution >= 4 is 12.0 Å². The van der Waals surface area contributed by atoms with Crippen LogP contribution in [-0.4, -0.2) is 39.5 Å². The maximum atomic E-state index is 14.9. The maximum Gasteiger partial charge on any atom is 0.417 e. The van der Waals surface area contributed by atoms with E-state index in [1.54, 1.807) is 17.9 Å². The van der Waals surface area contributed by atoms with Gasteiger partial charge in [0.15, 0.2) is 0 Å². The number of alkyl halides is 3. The number of halogens is 4. The van der Waals surface area contributed by atoms with E-state index in [-0.39, 0.29) is 29.3 Å². The lowest BCUT2D eigenvalue weighted by Crippen LogP contribution is -2.47. The van der Waals surface area contributed by atoms with E-state index in [4.69, 9.17) is 9.15 Å². The minimum absolute atomic E-state index is 0.0441. The highest BCUT2D eigenvalue weighted by Gasteiger charge is 2.49. The molecule has 2 bridgehead atoms. The number of nitrogens with zero attached hydrogens (tertiary/aromatic N) is 3. The Labute approximate surface area is 187 Å². The van der Waals surface area contributed by atoms with Crippen LogP contribution in [0.25, 0.3) is 6.08 Å². The second-order valence-electron chi connectivity index (χ2n) is 7.87. The van der Waals surface area contributed by atoms with Gasteiger partial charge in [-0.2, -0.15) is 13.2 Å². The number of oxazole rings is 1. The molecule has 3 heterocycles. The number of ether oxygens (including phenoxy) is 1. The van der Waals surface area contributed by atoms with E-state index < -0.39 is 29.6 Å². The minimum atomic E-state index is -4.49.